The maximum absolute atomic E-state index is 5.80. The summed E-state index contributed by atoms with van der Waals surface area (Å²) in [6.07, 6.45) is 7.61. The van der Waals surface area contributed by atoms with Crippen molar-refractivity contribution in [2.75, 3.05) is 6.54 Å². The highest BCUT2D eigenvalue weighted by Crippen LogP contribution is 2.34. The van der Waals surface area contributed by atoms with Crippen LogP contribution in [-0.4, -0.2) is 21.3 Å². The molecular formula is C12H20N4. The average molecular weight is 220 g/mol. The lowest BCUT2D eigenvalue weighted by Gasteiger charge is -2.19. The van der Waals surface area contributed by atoms with Gasteiger partial charge in [0.2, 0.25) is 0 Å². The summed E-state index contributed by atoms with van der Waals surface area (Å²) in [6.45, 7) is 1.74. The second kappa shape index (κ2) is 4.17. The van der Waals surface area contributed by atoms with Crippen molar-refractivity contribution in [3.8, 4) is 0 Å². The Labute approximate surface area is 96.2 Å². The van der Waals surface area contributed by atoms with Crippen LogP contribution in [-0.2, 0) is 6.54 Å². The molecule has 2 N–H and O–H groups in total. The van der Waals surface area contributed by atoms with Crippen molar-refractivity contribution >= 4 is 0 Å². The summed E-state index contributed by atoms with van der Waals surface area (Å²) in [6, 6.07) is 0. The Morgan fingerprint density at radius 3 is 2.75 bits per heavy atom. The number of hydrogen-bond donors (Lipinski definition) is 1. The molecule has 4 heteroatoms. The highest BCUT2D eigenvalue weighted by atomic mass is 15.4. The van der Waals surface area contributed by atoms with Gasteiger partial charge in [0.15, 0.2) is 5.82 Å². The first-order chi connectivity index (χ1) is 7.88. The van der Waals surface area contributed by atoms with Gasteiger partial charge < -0.3 is 5.73 Å². The fourth-order valence-electron chi connectivity index (χ4n) is 3.04. The molecule has 1 fully saturated rings. The zero-order chi connectivity index (χ0) is 11.0. The summed E-state index contributed by atoms with van der Waals surface area (Å²) < 4.78 is 2.11. The molecule has 0 saturated heterocycles. The van der Waals surface area contributed by atoms with Gasteiger partial charge in [-0.1, -0.05) is 12.8 Å². The Morgan fingerprint density at radius 2 is 2.00 bits per heavy atom. The minimum atomic E-state index is 0.441. The van der Waals surface area contributed by atoms with E-state index in [0.717, 1.165) is 18.2 Å². The van der Waals surface area contributed by atoms with E-state index in [1.54, 1.807) is 0 Å². The molecule has 4 nitrogen and oxygen atoms in total. The first-order valence-corrected chi connectivity index (χ1v) is 6.53. The van der Waals surface area contributed by atoms with E-state index in [4.69, 9.17) is 10.7 Å². The number of nitrogens with zero attached hydrogens (tertiary/aromatic N) is 3. The third-order valence-corrected chi connectivity index (χ3v) is 4.01. The van der Waals surface area contributed by atoms with Gasteiger partial charge in [-0.05, 0) is 25.7 Å². The van der Waals surface area contributed by atoms with E-state index in [0.29, 0.717) is 18.4 Å². The molecule has 0 radical (unpaired) electrons. The standard InChI is InChI=1S/C12H20N4/c13-8-10-6-3-7-16-12(10)14-11(15-16)9-4-1-2-5-9/h9-10H,1-8,13H2. The van der Waals surface area contributed by atoms with Crippen molar-refractivity contribution in [2.45, 2.75) is 56.9 Å². The SMILES string of the molecule is NCC1CCCn2nc(C3CCCC3)nc21. The largest absolute Gasteiger partial charge is 0.330 e. The van der Waals surface area contributed by atoms with E-state index in [-0.39, 0.29) is 0 Å². The molecule has 3 rings (SSSR count). The number of hydrogen-bond acceptors (Lipinski definition) is 3. The maximum atomic E-state index is 5.80. The van der Waals surface area contributed by atoms with Crippen LogP contribution in [0.25, 0.3) is 0 Å². The zero-order valence-corrected chi connectivity index (χ0v) is 9.73. The van der Waals surface area contributed by atoms with Crippen LogP contribution < -0.4 is 5.73 Å². The summed E-state index contributed by atoms with van der Waals surface area (Å²) in [5.41, 5.74) is 5.80. The van der Waals surface area contributed by atoms with Crippen LogP contribution in [0, 0.1) is 0 Å². The molecule has 0 amide bonds. The Balaban J connectivity index is 1.89. The van der Waals surface area contributed by atoms with Gasteiger partial charge >= 0.3 is 0 Å². The predicted molar refractivity (Wildman–Crippen MR) is 62.3 cm³/mol. The highest BCUT2D eigenvalue weighted by Gasteiger charge is 2.27. The number of aryl methyl sites for hydroxylation is 1. The first-order valence-electron chi connectivity index (χ1n) is 6.53. The van der Waals surface area contributed by atoms with Crippen LogP contribution in [0.4, 0.5) is 0 Å². The van der Waals surface area contributed by atoms with Crippen LogP contribution in [0.2, 0.25) is 0 Å². The van der Waals surface area contributed by atoms with Crippen molar-refractivity contribution < 1.29 is 0 Å². The fraction of sp³-hybridized carbons (Fsp3) is 0.833. The molecule has 0 bridgehead atoms. The van der Waals surface area contributed by atoms with Gasteiger partial charge in [0.05, 0.1) is 0 Å². The van der Waals surface area contributed by atoms with Crippen molar-refractivity contribution in [3.63, 3.8) is 0 Å². The van der Waals surface area contributed by atoms with Gasteiger partial charge in [0, 0.05) is 24.9 Å². The van der Waals surface area contributed by atoms with E-state index in [1.165, 1.54) is 38.5 Å². The highest BCUT2D eigenvalue weighted by molar-refractivity contribution is 5.07. The number of nitrogens with two attached hydrogens (primary N) is 1. The summed E-state index contributed by atoms with van der Waals surface area (Å²) in [5.74, 6) is 3.30. The molecule has 1 aromatic heterocycles. The van der Waals surface area contributed by atoms with Gasteiger partial charge in [-0.15, -0.1) is 0 Å². The lowest BCUT2D eigenvalue weighted by Crippen LogP contribution is -2.22. The summed E-state index contributed by atoms with van der Waals surface area (Å²) >= 11 is 0. The van der Waals surface area contributed by atoms with Crippen LogP contribution in [0.1, 0.15) is 62.0 Å². The van der Waals surface area contributed by atoms with E-state index in [1.807, 2.05) is 0 Å². The summed E-state index contributed by atoms with van der Waals surface area (Å²) in [5, 5.41) is 4.68. The second-order valence-corrected chi connectivity index (χ2v) is 5.11. The Bertz CT molecular complexity index is 365. The molecule has 0 aromatic carbocycles. The van der Waals surface area contributed by atoms with Crippen LogP contribution in [0.15, 0.2) is 0 Å². The van der Waals surface area contributed by atoms with E-state index in [2.05, 4.69) is 9.78 Å². The van der Waals surface area contributed by atoms with Gasteiger partial charge in [-0.25, -0.2) is 9.67 Å². The molecule has 1 aliphatic heterocycles. The number of rotatable bonds is 2. The maximum Gasteiger partial charge on any atom is 0.154 e. The van der Waals surface area contributed by atoms with E-state index >= 15 is 0 Å². The summed E-state index contributed by atoms with van der Waals surface area (Å²) in [4.78, 5) is 4.76. The topological polar surface area (TPSA) is 56.7 Å². The molecule has 1 aromatic rings. The van der Waals surface area contributed by atoms with Gasteiger partial charge in [0.1, 0.15) is 5.82 Å². The smallest absolute Gasteiger partial charge is 0.154 e. The van der Waals surface area contributed by atoms with Crippen LogP contribution in [0.3, 0.4) is 0 Å². The zero-order valence-electron chi connectivity index (χ0n) is 9.73. The molecule has 1 aliphatic carbocycles. The van der Waals surface area contributed by atoms with E-state index in [9.17, 15) is 0 Å². The minimum absolute atomic E-state index is 0.441. The van der Waals surface area contributed by atoms with Gasteiger partial charge in [-0.3, -0.25) is 0 Å². The Kier molecular flexibility index (Phi) is 2.67. The minimum Gasteiger partial charge on any atom is -0.330 e. The van der Waals surface area contributed by atoms with Crippen molar-refractivity contribution in [3.05, 3.63) is 11.6 Å². The predicted octanol–water partition coefficient (Wildman–Crippen LogP) is 1.77. The lowest BCUT2D eigenvalue weighted by molar-refractivity contribution is 0.418. The molecule has 0 spiro atoms. The normalized spacial score (nSPS) is 25.9. The molecule has 2 aliphatic rings. The third kappa shape index (κ3) is 1.65. The molecule has 1 saturated carbocycles. The van der Waals surface area contributed by atoms with Crippen LogP contribution >= 0.6 is 0 Å². The molecule has 1 atom stereocenters. The lowest BCUT2D eigenvalue weighted by atomic mass is 9.99. The van der Waals surface area contributed by atoms with Crippen molar-refractivity contribution in [2.24, 2.45) is 5.73 Å². The fourth-order valence-corrected chi connectivity index (χ4v) is 3.04. The third-order valence-electron chi connectivity index (χ3n) is 4.01. The average Bonchev–Trinajstić information content (AvgIpc) is 2.96. The quantitative estimate of drug-likeness (QED) is 0.826. The Hall–Kier alpha value is -0.900. The van der Waals surface area contributed by atoms with Gasteiger partial charge in [-0.2, -0.15) is 5.10 Å². The second-order valence-electron chi connectivity index (χ2n) is 5.11. The molecule has 88 valence electrons. The molecular weight excluding hydrogens is 200 g/mol. The monoisotopic (exact) mass is 220 g/mol. The molecule has 2 heterocycles. The number of aromatic nitrogens is 3. The molecule has 1 unspecified atom stereocenters. The van der Waals surface area contributed by atoms with E-state index < -0.39 is 0 Å². The summed E-state index contributed by atoms with van der Waals surface area (Å²) in [7, 11) is 0. The first kappa shape index (κ1) is 10.3. The number of fused-ring (bicyclic) bond motifs is 1. The van der Waals surface area contributed by atoms with Crippen LogP contribution in [0.5, 0.6) is 0 Å². The van der Waals surface area contributed by atoms with Crippen molar-refractivity contribution in [1.82, 2.24) is 14.8 Å². The van der Waals surface area contributed by atoms with Crippen molar-refractivity contribution in [1.29, 1.82) is 0 Å². The molecule has 16 heavy (non-hydrogen) atoms. The Morgan fingerprint density at radius 1 is 1.19 bits per heavy atom. The van der Waals surface area contributed by atoms with Gasteiger partial charge in [0.25, 0.3) is 0 Å².